The fourth-order valence-electron chi connectivity index (χ4n) is 2.60. The molecule has 1 aliphatic rings. The summed E-state index contributed by atoms with van der Waals surface area (Å²) >= 11 is 3.07. The van der Waals surface area contributed by atoms with E-state index >= 15 is 0 Å². The van der Waals surface area contributed by atoms with Crippen LogP contribution >= 0.6 is 28.3 Å². The normalized spacial score (nSPS) is 18.2. The highest BCUT2D eigenvalue weighted by Gasteiger charge is 2.26. The van der Waals surface area contributed by atoms with Gasteiger partial charge in [0.05, 0.1) is 0 Å². The maximum Gasteiger partial charge on any atom is 0.132 e. The molecular weight excluding hydrogens is 324 g/mol. The van der Waals surface area contributed by atoms with Crippen molar-refractivity contribution in [2.24, 2.45) is 11.7 Å². The first kappa shape index (κ1) is 15.9. The first-order valence-electron chi connectivity index (χ1n) is 5.99. The van der Waals surface area contributed by atoms with E-state index in [2.05, 4.69) is 15.9 Å². The highest BCUT2D eigenvalue weighted by molar-refractivity contribution is 9.10. The fraction of sp³-hybridized carbons (Fsp3) is 0.538. The molecule has 2 rings (SSSR count). The summed E-state index contributed by atoms with van der Waals surface area (Å²) in [7, 11) is 0. The molecule has 1 fully saturated rings. The smallest absolute Gasteiger partial charge is 0.132 e. The SMILES string of the molecule is Cl.N[C@@H](c1c(F)cc(Br)cc1F)C1CCCCC1. The van der Waals surface area contributed by atoms with Gasteiger partial charge in [0.25, 0.3) is 0 Å². The van der Waals surface area contributed by atoms with Crippen LogP contribution in [0.4, 0.5) is 8.78 Å². The Balaban J connectivity index is 0.00000162. The second-order valence-electron chi connectivity index (χ2n) is 4.71. The lowest BCUT2D eigenvalue weighted by Gasteiger charge is -2.28. The van der Waals surface area contributed by atoms with Crippen LogP contribution < -0.4 is 5.73 Å². The third-order valence-electron chi connectivity index (χ3n) is 3.53. The second-order valence-corrected chi connectivity index (χ2v) is 5.62. The standard InChI is InChI=1S/C13H16BrF2N.ClH/c14-9-6-10(15)12(11(16)7-9)13(17)8-4-2-1-3-5-8;/h6-8,13H,1-5,17H2;1H/t13-;/m1./s1. The van der Waals surface area contributed by atoms with Crippen LogP contribution in [0.1, 0.15) is 43.7 Å². The van der Waals surface area contributed by atoms with Crippen molar-refractivity contribution in [1.29, 1.82) is 0 Å². The molecule has 18 heavy (non-hydrogen) atoms. The van der Waals surface area contributed by atoms with Crippen molar-refractivity contribution in [3.8, 4) is 0 Å². The quantitative estimate of drug-likeness (QED) is 0.827. The van der Waals surface area contributed by atoms with Crippen LogP contribution in [0, 0.1) is 17.6 Å². The van der Waals surface area contributed by atoms with E-state index < -0.39 is 17.7 Å². The van der Waals surface area contributed by atoms with E-state index in [0.717, 1.165) is 25.7 Å². The van der Waals surface area contributed by atoms with Crippen LogP contribution in [0.2, 0.25) is 0 Å². The molecule has 5 heteroatoms. The van der Waals surface area contributed by atoms with Crippen molar-refractivity contribution in [3.63, 3.8) is 0 Å². The van der Waals surface area contributed by atoms with E-state index in [1.807, 2.05) is 0 Å². The van der Waals surface area contributed by atoms with Gasteiger partial charge in [0.1, 0.15) is 11.6 Å². The van der Waals surface area contributed by atoms with Gasteiger partial charge in [-0.25, -0.2) is 8.78 Å². The number of benzene rings is 1. The van der Waals surface area contributed by atoms with Crippen molar-refractivity contribution < 1.29 is 8.78 Å². The molecule has 1 saturated carbocycles. The maximum absolute atomic E-state index is 13.8. The zero-order valence-corrected chi connectivity index (χ0v) is 12.4. The van der Waals surface area contributed by atoms with Crippen molar-refractivity contribution in [3.05, 3.63) is 33.8 Å². The topological polar surface area (TPSA) is 26.0 Å². The Bertz CT molecular complexity index is 385. The molecule has 0 amide bonds. The summed E-state index contributed by atoms with van der Waals surface area (Å²) in [6, 6.07) is 2.03. The largest absolute Gasteiger partial charge is 0.324 e. The average molecular weight is 341 g/mol. The summed E-state index contributed by atoms with van der Waals surface area (Å²) in [6.45, 7) is 0. The van der Waals surface area contributed by atoms with Crippen molar-refractivity contribution in [2.45, 2.75) is 38.1 Å². The van der Waals surface area contributed by atoms with Gasteiger partial charge in [0, 0.05) is 16.1 Å². The van der Waals surface area contributed by atoms with Crippen LogP contribution in [-0.4, -0.2) is 0 Å². The molecule has 1 atom stereocenters. The van der Waals surface area contributed by atoms with Crippen LogP contribution in [-0.2, 0) is 0 Å². The third kappa shape index (κ3) is 3.43. The van der Waals surface area contributed by atoms with E-state index in [1.54, 1.807) is 0 Å². The lowest BCUT2D eigenvalue weighted by Crippen LogP contribution is -2.25. The number of halogens is 4. The van der Waals surface area contributed by atoms with Gasteiger partial charge >= 0.3 is 0 Å². The minimum atomic E-state index is -0.546. The molecule has 0 aromatic heterocycles. The highest BCUT2D eigenvalue weighted by Crippen LogP contribution is 2.35. The highest BCUT2D eigenvalue weighted by atomic mass is 79.9. The Kier molecular flexibility index (Phi) is 6.02. The van der Waals surface area contributed by atoms with Gasteiger partial charge in [0.2, 0.25) is 0 Å². The van der Waals surface area contributed by atoms with Gasteiger partial charge in [-0.15, -0.1) is 12.4 Å². The van der Waals surface area contributed by atoms with Gasteiger partial charge in [0.15, 0.2) is 0 Å². The lowest BCUT2D eigenvalue weighted by atomic mass is 9.81. The minimum Gasteiger partial charge on any atom is -0.324 e. The predicted octanol–water partition coefficient (Wildman–Crippen LogP) is 4.73. The Morgan fingerprint density at radius 2 is 1.61 bits per heavy atom. The van der Waals surface area contributed by atoms with Crippen molar-refractivity contribution >= 4 is 28.3 Å². The zero-order valence-electron chi connectivity index (χ0n) is 9.96. The molecular formula is C13H17BrClF2N. The molecule has 0 unspecified atom stereocenters. The lowest BCUT2D eigenvalue weighted by molar-refractivity contribution is 0.298. The van der Waals surface area contributed by atoms with Gasteiger partial charge in [-0.05, 0) is 30.9 Å². The fourth-order valence-corrected chi connectivity index (χ4v) is 3.00. The molecule has 1 aromatic rings. The Hall–Kier alpha value is -0.190. The van der Waals surface area contributed by atoms with Gasteiger partial charge < -0.3 is 5.73 Å². The van der Waals surface area contributed by atoms with Gasteiger partial charge in [-0.3, -0.25) is 0 Å². The summed E-state index contributed by atoms with van der Waals surface area (Å²) in [5.74, 6) is -0.890. The van der Waals surface area contributed by atoms with Crippen molar-refractivity contribution in [2.75, 3.05) is 0 Å². The zero-order chi connectivity index (χ0) is 12.4. The minimum absolute atomic E-state index is 0. The molecule has 1 aromatic carbocycles. The first-order chi connectivity index (χ1) is 8.09. The molecule has 0 aliphatic heterocycles. The molecule has 0 radical (unpaired) electrons. The molecule has 0 bridgehead atoms. The molecule has 102 valence electrons. The van der Waals surface area contributed by atoms with Crippen molar-refractivity contribution in [1.82, 2.24) is 0 Å². The molecule has 0 saturated heterocycles. The van der Waals surface area contributed by atoms with E-state index in [1.165, 1.54) is 18.6 Å². The number of nitrogens with two attached hydrogens (primary N) is 1. The summed E-state index contributed by atoms with van der Waals surface area (Å²) < 4.78 is 27.9. The molecule has 2 N–H and O–H groups in total. The van der Waals surface area contributed by atoms with Crippen LogP contribution in [0.3, 0.4) is 0 Å². The Morgan fingerprint density at radius 3 is 2.11 bits per heavy atom. The third-order valence-corrected chi connectivity index (χ3v) is 3.99. The monoisotopic (exact) mass is 339 g/mol. The van der Waals surface area contributed by atoms with Crippen LogP contribution in [0.25, 0.3) is 0 Å². The van der Waals surface area contributed by atoms with E-state index in [-0.39, 0.29) is 23.9 Å². The molecule has 1 aliphatic carbocycles. The number of hydrogen-bond acceptors (Lipinski definition) is 1. The van der Waals surface area contributed by atoms with Crippen LogP contribution in [0.15, 0.2) is 16.6 Å². The summed E-state index contributed by atoms with van der Waals surface area (Å²) in [5.41, 5.74) is 6.07. The van der Waals surface area contributed by atoms with Gasteiger partial charge in [-0.1, -0.05) is 35.2 Å². The molecule has 1 nitrogen and oxygen atoms in total. The second kappa shape index (κ2) is 6.83. The van der Waals surface area contributed by atoms with E-state index in [9.17, 15) is 8.78 Å². The first-order valence-corrected chi connectivity index (χ1v) is 6.79. The summed E-state index contributed by atoms with van der Waals surface area (Å²) in [4.78, 5) is 0. The number of hydrogen-bond donors (Lipinski definition) is 1. The Morgan fingerprint density at radius 1 is 1.11 bits per heavy atom. The number of rotatable bonds is 2. The molecule has 0 spiro atoms. The van der Waals surface area contributed by atoms with E-state index in [0.29, 0.717) is 4.47 Å². The van der Waals surface area contributed by atoms with E-state index in [4.69, 9.17) is 5.73 Å². The summed E-state index contributed by atoms with van der Waals surface area (Å²) in [6.07, 6.45) is 5.36. The maximum atomic E-state index is 13.8. The molecule has 0 heterocycles. The predicted molar refractivity (Wildman–Crippen MR) is 74.8 cm³/mol. The van der Waals surface area contributed by atoms with Gasteiger partial charge in [-0.2, -0.15) is 0 Å². The average Bonchev–Trinajstić information content (AvgIpc) is 2.28. The Labute approximate surface area is 121 Å². The van der Waals surface area contributed by atoms with Crippen LogP contribution in [0.5, 0.6) is 0 Å². The summed E-state index contributed by atoms with van der Waals surface area (Å²) in [5, 5.41) is 0.